The summed E-state index contributed by atoms with van der Waals surface area (Å²) in [6, 6.07) is 20.4. The lowest BCUT2D eigenvalue weighted by Gasteiger charge is -2.21. The summed E-state index contributed by atoms with van der Waals surface area (Å²) in [5.41, 5.74) is 3.15. The molecule has 0 aliphatic carbocycles. The van der Waals surface area contributed by atoms with Gasteiger partial charge in [-0.15, -0.1) is 11.8 Å². The zero-order valence-corrected chi connectivity index (χ0v) is 20.2. The van der Waals surface area contributed by atoms with Crippen LogP contribution < -0.4 is 5.32 Å². The van der Waals surface area contributed by atoms with Gasteiger partial charge in [-0.3, -0.25) is 9.59 Å². The first kappa shape index (κ1) is 24.2. The van der Waals surface area contributed by atoms with Gasteiger partial charge in [0.1, 0.15) is 0 Å². The minimum Gasteiger partial charge on any atom is -0.339 e. The second-order valence-corrected chi connectivity index (χ2v) is 9.07. The molecule has 0 aliphatic rings. The first-order valence-corrected chi connectivity index (χ1v) is 11.9. The Morgan fingerprint density at radius 1 is 1.00 bits per heavy atom. The van der Waals surface area contributed by atoms with Gasteiger partial charge >= 0.3 is 0 Å². The number of carbonyl (C=O) groups excluding carboxylic acids is 2. The van der Waals surface area contributed by atoms with Gasteiger partial charge in [0.25, 0.3) is 5.91 Å². The van der Waals surface area contributed by atoms with Crippen LogP contribution in [0.4, 0.5) is 5.69 Å². The van der Waals surface area contributed by atoms with Crippen molar-refractivity contribution in [3.63, 3.8) is 0 Å². The molecule has 0 bridgehead atoms. The third-order valence-corrected chi connectivity index (χ3v) is 6.73. The van der Waals surface area contributed by atoms with Crippen molar-refractivity contribution < 1.29 is 9.59 Å². The number of rotatable bonds is 8. The average Bonchev–Trinajstić information content (AvgIpc) is 2.79. The van der Waals surface area contributed by atoms with Gasteiger partial charge < -0.3 is 10.2 Å². The summed E-state index contributed by atoms with van der Waals surface area (Å²) in [7, 11) is 0. The topological polar surface area (TPSA) is 49.4 Å². The highest BCUT2D eigenvalue weighted by Crippen LogP contribution is 2.32. The Bertz CT molecular complexity index is 1120. The van der Waals surface area contributed by atoms with Crippen LogP contribution in [0.2, 0.25) is 10.0 Å². The highest BCUT2D eigenvalue weighted by molar-refractivity contribution is 7.98. The van der Waals surface area contributed by atoms with Crippen LogP contribution in [0.25, 0.3) is 0 Å². The quantitative estimate of drug-likeness (QED) is 0.352. The van der Waals surface area contributed by atoms with Crippen molar-refractivity contribution in [2.45, 2.75) is 31.0 Å². The number of hydrogen-bond acceptors (Lipinski definition) is 3. The van der Waals surface area contributed by atoms with Crippen molar-refractivity contribution in [1.29, 1.82) is 0 Å². The third kappa shape index (κ3) is 6.52. The Hall–Kier alpha value is -2.47. The van der Waals surface area contributed by atoms with Crippen molar-refractivity contribution in [3.05, 3.63) is 93.5 Å². The number of halogens is 2. The molecule has 7 heteroatoms. The Kier molecular flexibility index (Phi) is 8.62. The van der Waals surface area contributed by atoms with E-state index < -0.39 is 0 Å². The molecule has 0 saturated heterocycles. The van der Waals surface area contributed by atoms with Crippen LogP contribution in [0, 0.1) is 0 Å². The maximum atomic E-state index is 12.9. The number of thioether (sulfide) groups is 1. The molecule has 0 fully saturated rings. The lowest BCUT2D eigenvalue weighted by Crippen LogP contribution is -2.28. The van der Waals surface area contributed by atoms with Crippen LogP contribution in [0.15, 0.2) is 71.6 Å². The average molecular weight is 487 g/mol. The number of benzene rings is 3. The lowest BCUT2D eigenvalue weighted by atomic mass is 10.1. The molecule has 3 aromatic rings. The Morgan fingerprint density at radius 3 is 2.53 bits per heavy atom. The first-order valence-electron chi connectivity index (χ1n) is 10.2. The molecule has 0 unspecified atom stereocenters. The molecule has 4 nitrogen and oxygen atoms in total. The number of amides is 2. The summed E-state index contributed by atoms with van der Waals surface area (Å²) < 4.78 is 0. The maximum Gasteiger partial charge on any atom is 0.255 e. The molecule has 0 radical (unpaired) electrons. The highest BCUT2D eigenvalue weighted by atomic mass is 35.5. The van der Waals surface area contributed by atoms with Gasteiger partial charge in [0, 0.05) is 46.9 Å². The summed E-state index contributed by atoms with van der Waals surface area (Å²) in [5.74, 6) is 0.455. The van der Waals surface area contributed by atoms with E-state index in [9.17, 15) is 9.59 Å². The molecule has 0 heterocycles. The second-order valence-electron chi connectivity index (χ2n) is 7.21. The van der Waals surface area contributed by atoms with E-state index >= 15 is 0 Å². The number of para-hydroxylation sites is 1. The minimum atomic E-state index is -0.198. The van der Waals surface area contributed by atoms with Gasteiger partial charge in [-0.2, -0.15) is 0 Å². The predicted molar refractivity (Wildman–Crippen MR) is 134 cm³/mol. The third-order valence-electron chi connectivity index (χ3n) is 4.93. The van der Waals surface area contributed by atoms with Crippen molar-refractivity contribution >= 4 is 52.5 Å². The fourth-order valence-corrected chi connectivity index (χ4v) is 4.61. The van der Waals surface area contributed by atoms with E-state index in [2.05, 4.69) is 5.32 Å². The van der Waals surface area contributed by atoms with Gasteiger partial charge in [0.05, 0.1) is 5.02 Å². The zero-order valence-electron chi connectivity index (χ0n) is 17.9. The van der Waals surface area contributed by atoms with E-state index in [1.165, 1.54) is 0 Å². The van der Waals surface area contributed by atoms with Crippen LogP contribution in [0.3, 0.4) is 0 Å². The number of nitrogens with zero attached hydrogens (tertiary/aromatic N) is 1. The van der Waals surface area contributed by atoms with Crippen LogP contribution in [-0.4, -0.2) is 23.3 Å². The molecule has 1 N–H and O–H groups in total. The van der Waals surface area contributed by atoms with Crippen molar-refractivity contribution in [1.82, 2.24) is 4.90 Å². The summed E-state index contributed by atoms with van der Waals surface area (Å²) >= 11 is 13.9. The molecular formula is C25H24Cl2N2O2S. The normalized spacial score (nSPS) is 10.6. The van der Waals surface area contributed by atoms with Crippen molar-refractivity contribution in [2.24, 2.45) is 0 Å². The fraction of sp³-hybridized carbons (Fsp3) is 0.200. The first-order chi connectivity index (χ1) is 15.4. The molecule has 0 spiro atoms. The SMILES string of the molecule is CCN(Cc1ccccc1NC(=O)c1cccc(CSc2cc(Cl)ccc2Cl)c1)C(C)=O. The number of carbonyl (C=O) groups is 2. The van der Waals surface area contributed by atoms with Gasteiger partial charge in [-0.1, -0.05) is 53.5 Å². The van der Waals surface area contributed by atoms with Crippen LogP contribution in [0.5, 0.6) is 0 Å². The number of anilines is 1. The second kappa shape index (κ2) is 11.4. The summed E-state index contributed by atoms with van der Waals surface area (Å²) in [4.78, 5) is 27.4. The summed E-state index contributed by atoms with van der Waals surface area (Å²) in [6.07, 6.45) is 0. The van der Waals surface area contributed by atoms with Crippen molar-refractivity contribution in [2.75, 3.05) is 11.9 Å². The van der Waals surface area contributed by atoms with E-state index in [1.54, 1.807) is 41.8 Å². The maximum absolute atomic E-state index is 12.9. The molecule has 0 aromatic heterocycles. The molecule has 166 valence electrons. The van der Waals surface area contributed by atoms with E-state index in [0.29, 0.717) is 40.1 Å². The summed E-state index contributed by atoms with van der Waals surface area (Å²) in [5, 5.41) is 4.27. The zero-order chi connectivity index (χ0) is 23.1. The van der Waals surface area contributed by atoms with E-state index in [1.807, 2.05) is 55.5 Å². The van der Waals surface area contributed by atoms with Crippen molar-refractivity contribution in [3.8, 4) is 0 Å². The summed E-state index contributed by atoms with van der Waals surface area (Å²) in [6.45, 7) is 4.53. The lowest BCUT2D eigenvalue weighted by molar-refractivity contribution is -0.129. The van der Waals surface area contributed by atoms with Crippen LogP contribution in [0.1, 0.15) is 35.3 Å². The minimum absolute atomic E-state index is 0.00126. The van der Waals surface area contributed by atoms with E-state index in [0.717, 1.165) is 16.0 Å². The Morgan fingerprint density at radius 2 is 1.78 bits per heavy atom. The molecule has 0 saturated carbocycles. The molecule has 0 aliphatic heterocycles. The van der Waals surface area contributed by atoms with Gasteiger partial charge in [-0.05, 0) is 54.4 Å². The van der Waals surface area contributed by atoms with Gasteiger partial charge in [0.2, 0.25) is 5.91 Å². The predicted octanol–water partition coefficient (Wildman–Crippen LogP) is 6.91. The largest absolute Gasteiger partial charge is 0.339 e. The molecule has 0 atom stereocenters. The molecule has 2 amide bonds. The van der Waals surface area contributed by atoms with Gasteiger partial charge in [-0.25, -0.2) is 0 Å². The number of nitrogens with one attached hydrogen (secondary N) is 1. The molecular weight excluding hydrogens is 463 g/mol. The van der Waals surface area contributed by atoms with Crippen LogP contribution >= 0.6 is 35.0 Å². The van der Waals surface area contributed by atoms with E-state index in [-0.39, 0.29) is 11.8 Å². The molecule has 3 aromatic carbocycles. The van der Waals surface area contributed by atoms with Crippen LogP contribution in [-0.2, 0) is 17.1 Å². The number of hydrogen-bond donors (Lipinski definition) is 1. The van der Waals surface area contributed by atoms with E-state index in [4.69, 9.17) is 23.2 Å². The smallest absolute Gasteiger partial charge is 0.255 e. The Labute approximate surface area is 202 Å². The fourth-order valence-electron chi connectivity index (χ4n) is 3.18. The molecule has 32 heavy (non-hydrogen) atoms. The van der Waals surface area contributed by atoms with Gasteiger partial charge in [0.15, 0.2) is 0 Å². The highest BCUT2D eigenvalue weighted by Gasteiger charge is 2.13. The Balaban J connectivity index is 1.71. The monoisotopic (exact) mass is 486 g/mol. The molecule has 3 rings (SSSR count). The standard InChI is InChI=1S/C25H24Cl2N2O2S/c1-3-29(17(2)30)15-20-8-4-5-10-23(20)28-25(31)19-9-6-7-18(13-19)16-32-24-14-21(26)11-12-22(24)27/h4-14H,3,15-16H2,1-2H3,(H,28,31).